The van der Waals surface area contributed by atoms with Crippen LogP contribution >= 0.6 is 0 Å². The number of hydrogen-bond donors (Lipinski definition) is 1. The normalized spacial score (nSPS) is 13.5. The van der Waals surface area contributed by atoms with Crippen LogP contribution in [0, 0.1) is 0 Å². The van der Waals surface area contributed by atoms with Gasteiger partial charge in [-0.2, -0.15) is 4.31 Å². The third-order valence-corrected chi connectivity index (χ3v) is 7.74. The monoisotopic (exact) mass is 493 g/mol. The van der Waals surface area contributed by atoms with Crippen LogP contribution < -0.4 is 10.1 Å². The highest BCUT2D eigenvalue weighted by Gasteiger charge is 2.29. The Labute approximate surface area is 205 Å². The van der Waals surface area contributed by atoms with Crippen LogP contribution in [0.25, 0.3) is 0 Å². The highest BCUT2D eigenvalue weighted by atomic mass is 32.2. The van der Waals surface area contributed by atoms with Gasteiger partial charge in [0.1, 0.15) is 5.75 Å². The number of sulfonamides is 1. The zero-order chi connectivity index (χ0) is 25.0. The minimum atomic E-state index is -3.79. The third-order valence-electron chi connectivity index (χ3n) is 5.90. The van der Waals surface area contributed by atoms with E-state index >= 15 is 0 Å². The molecule has 1 N–H and O–H groups in total. The Morgan fingerprint density at radius 1 is 1.00 bits per heavy atom. The Morgan fingerprint density at radius 3 is 2.51 bits per heavy atom. The smallest absolute Gasteiger partial charge is 0.254 e. The molecule has 0 aromatic heterocycles. The van der Waals surface area contributed by atoms with Gasteiger partial charge in [0.2, 0.25) is 15.9 Å². The SMILES string of the molecule is COc1cccc(NC(=O)CN(C)C(=O)c2cccc(S(=O)(=O)N3CCc4ccccc4C3)c2)c1. The summed E-state index contributed by atoms with van der Waals surface area (Å²) in [5.41, 5.74) is 2.87. The summed E-state index contributed by atoms with van der Waals surface area (Å²) in [6.45, 7) is 0.471. The highest BCUT2D eigenvalue weighted by molar-refractivity contribution is 7.89. The Kier molecular flexibility index (Phi) is 7.18. The summed E-state index contributed by atoms with van der Waals surface area (Å²) in [6.07, 6.45) is 0.638. The second kappa shape index (κ2) is 10.3. The molecule has 4 rings (SSSR count). The van der Waals surface area contributed by atoms with Crippen molar-refractivity contribution in [3.63, 3.8) is 0 Å². The molecule has 8 nitrogen and oxygen atoms in total. The van der Waals surface area contributed by atoms with Gasteiger partial charge in [0, 0.05) is 37.5 Å². The predicted molar refractivity (Wildman–Crippen MR) is 133 cm³/mol. The first-order valence-corrected chi connectivity index (χ1v) is 12.6. The molecule has 1 aliphatic rings. The molecule has 0 spiro atoms. The number of nitrogens with zero attached hydrogens (tertiary/aromatic N) is 2. The lowest BCUT2D eigenvalue weighted by atomic mass is 10.0. The van der Waals surface area contributed by atoms with Crippen LogP contribution in [0.15, 0.2) is 77.7 Å². The lowest BCUT2D eigenvalue weighted by molar-refractivity contribution is -0.116. The summed E-state index contributed by atoms with van der Waals surface area (Å²) in [7, 11) is -0.756. The fraction of sp³-hybridized carbons (Fsp3) is 0.231. The number of methoxy groups -OCH3 is 1. The van der Waals surface area contributed by atoms with Crippen LogP contribution in [0.2, 0.25) is 0 Å². The van der Waals surface area contributed by atoms with E-state index in [1.165, 1.54) is 35.5 Å². The van der Waals surface area contributed by atoms with Gasteiger partial charge >= 0.3 is 0 Å². The number of hydrogen-bond acceptors (Lipinski definition) is 5. The van der Waals surface area contributed by atoms with E-state index in [1.54, 1.807) is 36.4 Å². The molecular weight excluding hydrogens is 466 g/mol. The van der Waals surface area contributed by atoms with Crippen molar-refractivity contribution < 1.29 is 22.7 Å². The molecule has 1 heterocycles. The molecule has 0 saturated carbocycles. The largest absolute Gasteiger partial charge is 0.497 e. The quantitative estimate of drug-likeness (QED) is 0.546. The van der Waals surface area contributed by atoms with Gasteiger partial charge in [-0.25, -0.2) is 8.42 Å². The number of likely N-dealkylation sites (N-methyl/N-ethyl adjacent to an activating group) is 1. The van der Waals surface area contributed by atoms with Crippen LogP contribution in [0.5, 0.6) is 5.75 Å². The van der Waals surface area contributed by atoms with E-state index in [1.807, 2.05) is 24.3 Å². The molecule has 0 bridgehead atoms. The summed E-state index contributed by atoms with van der Waals surface area (Å²) in [6, 6.07) is 20.6. The van der Waals surface area contributed by atoms with Crippen LogP contribution in [0.3, 0.4) is 0 Å². The Balaban J connectivity index is 1.45. The second-order valence-corrected chi connectivity index (χ2v) is 10.3. The minimum Gasteiger partial charge on any atom is -0.497 e. The number of carbonyl (C=O) groups excluding carboxylic acids is 2. The average Bonchev–Trinajstić information content (AvgIpc) is 2.88. The first kappa shape index (κ1) is 24.4. The summed E-state index contributed by atoms with van der Waals surface area (Å²) >= 11 is 0. The van der Waals surface area contributed by atoms with E-state index in [4.69, 9.17) is 4.74 Å². The maximum Gasteiger partial charge on any atom is 0.254 e. The number of amides is 2. The molecule has 35 heavy (non-hydrogen) atoms. The topological polar surface area (TPSA) is 96.0 Å². The molecule has 182 valence electrons. The molecule has 0 saturated heterocycles. The minimum absolute atomic E-state index is 0.0527. The fourth-order valence-corrected chi connectivity index (χ4v) is 5.49. The Bertz CT molecular complexity index is 1360. The van der Waals surface area contributed by atoms with E-state index in [2.05, 4.69) is 5.32 Å². The van der Waals surface area contributed by atoms with Crippen molar-refractivity contribution in [3.8, 4) is 5.75 Å². The number of carbonyl (C=O) groups is 2. The van der Waals surface area contributed by atoms with E-state index in [0.717, 1.165) is 11.1 Å². The zero-order valence-corrected chi connectivity index (χ0v) is 20.4. The zero-order valence-electron chi connectivity index (χ0n) is 19.6. The first-order valence-electron chi connectivity index (χ1n) is 11.1. The van der Waals surface area contributed by atoms with Gasteiger partial charge in [-0.3, -0.25) is 9.59 Å². The Hall–Kier alpha value is -3.69. The van der Waals surface area contributed by atoms with Crippen molar-refractivity contribution in [1.29, 1.82) is 0 Å². The molecule has 0 atom stereocenters. The van der Waals surface area contributed by atoms with E-state index in [0.29, 0.717) is 30.9 Å². The number of nitrogens with one attached hydrogen (secondary N) is 1. The molecule has 0 aliphatic carbocycles. The molecule has 3 aromatic carbocycles. The Morgan fingerprint density at radius 2 is 1.74 bits per heavy atom. The van der Waals surface area contributed by atoms with Crippen molar-refractivity contribution in [3.05, 3.63) is 89.5 Å². The molecule has 1 aliphatic heterocycles. The lowest BCUT2D eigenvalue weighted by Gasteiger charge is -2.28. The molecule has 0 fully saturated rings. The molecule has 0 unspecified atom stereocenters. The van der Waals surface area contributed by atoms with Crippen molar-refractivity contribution in [2.24, 2.45) is 0 Å². The number of anilines is 1. The fourth-order valence-electron chi connectivity index (χ4n) is 4.02. The van der Waals surface area contributed by atoms with Crippen LogP contribution in [0.4, 0.5) is 5.69 Å². The van der Waals surface area contributed by atoms with Crippen LogP contribution in [-0.4, -0.2) is 56.7 Å². The number of rotatable bonds is 7. The summed E-state index contributed by atoms with van der Waals surface area (Å²) in [5.74, 6) is -0.237. The summed E-state index contributed by atoms with van der Waals surface area (Å²) in [4.78, 5) is 26.7. The van der Waals surface area contributed by atoms with Gasteiger partial charge in [-0.1, -0.05) is 36.4 Å². The number of ether oxygens (including phenoxy) is 1. The van der Waals surface area contributed by atoms with Gasteiger partial charge in [-0.05, 0) is 47.9 Å². The average molecular weight is 494 g/mol. The maximum absolute atomic E-state index is 13.3. The van der Waals surface area contributed by atoms with Crippen molar-refractivity contribution in [2.75, 3.05) is 32.6 Å². The predicted octanol–water partition coefficient (Wildman–Crippen LogP) is 3.15. The molecule has 2 amide bonds. The summed E-state index contributed by atoms with van der Waals surface area (Å²) in [5, 5.41) is 2.73. The van der Waals surface area contributed by atoms with Crippen molar-refractivity contribution in [1.82, 2.24) is 9.21 Å². The van der Waals surface area contributed by atoms with Gasteiger partial charge in [-0.15, -0.1) is 0 Å². The van der Waals surface area contributed by atoms with Gasteiger partial charge in [0.15, 0.2) is 0 Å². The standard InChI is InChI=1S/C26H27N3O5S/c1-28(18-25(30)27-22-10-6-11-23(16-22)34-2)26(31)20-9-5-12-24(15-20)35(32,33)29-14-13-19-7-3-4-8-21(19)17-29/h3-12,15-16H,13-14,17-18H2,1-2H3,(H,27,30). The van der Waals surface area contributed by atoms with Gasteiger partial charge < -0.3 is 15.0 Å². The molecule has 3 aromatic rings. The number of fused-ring (bicyclic) bond motifs is 1. The van der Waals surface area contributed by atoms with Crippen LogP contribution in [0.1, 0.15) is 21.5 Å². The van der Waals surface area contributed by atoms with E-state index in [-0.39, 0.29) is 22.9 Å². The lowest BCUT2D eigenvalue weighted by Crippen LogP contribution is -2.36. The van der Waals surface area contributed by atoms with Crippen LogP contribution in [-0.2, 0) is 27.8 Å². The highest BCUT2D eigenvalue weighted by Crippen LogP contribution is 2.25. The molecular formula is C26H27N3O5S. The molecule has 9 heteroatoms. The first-order chi connectivity index (χ1) is 16.8. The maximum atomic E-state index is 13.3. The second-order valence-electron chi connectivity index (χ2n) is 8.33. The van der Waals surface area contributed by atoms with Crippen molar-refractivity contribution >= 4 is 27.5 Å². The van der Waals surface area contributed by atoms with E-state index < -0.39 is 15.9 Å². The third kappa shape index (κ3) is 5.52. The molecule has 0 radical (unpaired) electrons. The van der Waals surface area contributed by atoms with Crippen molar-refractivity contribution in [2.45, 2.75) is 17.9 Å². The summed E-state index contributed by atoms with van der Waals surface area (Å²) < 4.78 is 33.2. The van der Waals surface area contributed by atoms with Gasteiger partial charge in [0.05, 0.1) is 18.6 Å². The van der Waals surface area contributed by atoms with E-state index in [9.17, 15) is 18.0 Å². The van der Waals surface area contributed by atoms with Gasteiger partial charge in [0.25, 0.3) is 5.91 Å². The number of benzene rings is 3.